The predicted molar refractivity (Wildman–Crippen MR) is 71.8 cm³/mol. The van der Waals surface area contributed by atoms with Crippen LogP contribution in [0.25, 0.3) is 5.65 Å². The fourth-order valence-electron chi connectivity index (χ4n) is 2.16. The van der Waals surface area contributed by atoms with Gasteiger partial charge in [-0.25, -0.2) is 9.50 Å². The summed E-state index contributed by atoms with van der Waals surface area (Å²) in [6, 6.07) is 3.80. The van der Waals surface area contributed by atoms with E-state index in [2.05, 4.69) is 38.0 Å². The van der Waals surface area contributed by atoms with Gasteiger partial charge < -0.3 is 9.64 Å². The lowest BCUT2D eigenvalue weighted by Crippen LogP contribution is -2.35. The fraction of sp³-hybridized carbons (Fsp3) is 0.500. The van der Waals surface area contributed by atoms with E-state index in [-0.39, 0.29) is 6.10 Å². The number of rotatable bonds is 2. The zero-order valence-electron chi connectivity index (χ0n) is 10.2. The Morgan fingerprint density at radius 2 is 2.11 bits per heavy atom. The van der Waals surface area contributed by atoms with Gasteiger partial charge in [0.1, 0.15) is 10.7 Å². The van der Waals surface area contributed by atoms with E-state index < -0.39 is 0 Å². The highest BCUT2D eigenvalue weighted by Gasteiger charge is 2.18. The van der Waals surface area contributed by atoms with Crippen LogP contribution in [0.3, 0.4) is 0 Å². The van der Waals surface area contributed by atoms with E-state index in [0.717, 1.165) is 36.2 Å². The molecule has 0 unspecified atom stereocenters. The van der Waals surface area contributed by atoms with Crippen LogP contribution in [0.4, 0.5) is 0 Å². The van der Waals surface area contributed by atoms with E-state index in [9.17, 15) is 0 Å². The molecule has 0 spiro atoms. The van der Waals surface area contributed by atoms with Gasteiger partial charge in [-0.1, -0.05) is 0 Å². The average molecular weight is 311 g/mol. The van der Waals surface area contributed by atoms with E-state index in [1.807, 2.05) is 12.1 Å². The van der Waals surface area contributed by atoms with Crippen LogP contribution in [-0.4, -0.2) is 45.7 Å². The molecule has 2 aromatic heterocycles. The van der Waals surface area contributed by atoms with Crippen LogP contribution in [0, 0.1) is 0 Å². The third-order valence-corrected chi connectivity index (χ3v) is 3.79. The molecule has 3 heterocycles. The molecule has 0 radical (unpaired) electrons. The Kier molecular flexibility index (Phi) is 3.22. The Balaban J connectivity index is 1.76. The summed E-state index contributed by atoms with van der Waals surface area (Å²) in [7, 11) is 2.14. The summed E-state index contributed by atoms with van der Waals surface area (Å²) in [6.07, 6.45) is 4.12. The van der Waals surface area contributed by atoms with Crippen molar-refractivity contribution in [3.8, 4) is 5.88 Å². The van der Waals surface area contributed by atoms with Crippen LogP contribution in [0.5, 0.6) is 5.88 Å². The van der Waals surface area contributed by atoms with Crippen molar-refractivity contribution in [3.63, 3.8) is 0 Å². The third-order valence-electron chi connectivity index (χ3n) is 3.25. The second kappa shape index (κ2) is 4.85. The zero-order chi connectivity index (χ0) is 12.5. The maximum absolute atomic E-state index is 5.93. The van der Waals surface area contributed by atoms with Gasteiger partial charge in [0.2, 0.25) is 5.88 Å². The molecule has 0 aromatic carbocycles. The molecule has 1 aliphatic heterocycles. The maximum atomic E-state index is 5.93. The predicted octanol–water partition coefficient (Wildman–Crippen LogP) is 1.96. The number of aromatic nitrogens is 3. The number of hydrogen-bond donors (Lipinski definition) is 0. The molecular weight excluding hydrogens is 296 g/mol. The molecule has 1 fully saturated rings. The number of imidazole rings is 1. The Hall–Kier alpha value is -1.14. The van der Waals surface area contributed by atoms with E-state index in [1.54, 1.807) is 10.7 Å². The molecule has 0 atom stereocenters. The molecule has 18 heavy (non-hydrogen) atoms. The van der Waals surface area contributed by atoms with E-state index in [0.29, 0.717) is 5.88 Å². The van der Waals surface area contributed by atoms with Crippen LogP contribution >= 0.6 is 15.9 Å². The highest BCUT2D eigenvalue weighted by molar-refractivity contribution is 9.10. The summed E-state index contributed by atoms with van der Waals surface area (Å²) in [6.45, 7) is 2.17. The Morgan fingerprint density at radius 1 is 1.33 bits per heavy atom. The van der Waals surface area contributed by atoms with Crippen molar-refractivity contribution in [3.05, 3.63) is 22.9 Å². The number of fused-ring (bicyclic) bond motifs is 1. The van der Waals surface area contributed by atoms with Gasteiger partial charge in [-0.2, -0.15) is 0 Å². The van der Waals surface area contributed by atoms with Crippen molar-refractivity contribution in [2.75, 3.05) is 20.1 Å². The van der Waals surface area contributed by atoms with Crippen molar-refractivity contribution >= 4 is 21.6 Å². The number of ether oxygens (including phenoxy) is 1. The molecule has 96 valence electrons. The Bertz CT molecular complexity index is 548. The third kappa shape index (κ3) is 2.35. The van der Waals surface area contributed by atoms with Gasteiger partial charge in [-0.15, -0.1) is 5.10 Å². The molecule has 0 aliphatic carbocycles. The molecule has 0 amide bonds. The molecule has 1 aliphatic rings. The summed E-state index contributed by atoms with van der Waals surface area (Å²) < 4.78 is 8.51. The monoisotopic (exact) mass is 310 g/mol. The molecule has 0 bridgehead atoms. The van der Waals surface area contributed by atoms with Gasteiger partial charge in [0.15, 0.2) is 5.65 Å². The Morgan fingerprint density at radius 3 is 2.89 bits per heavy atom. The molecule has 3 rings (SSSR count). The van der Waals surface area contributed by atoms with Crippen molar-refractivity contribution in [1.29, 1.82) is 0 Å². The lowest BCUT2D eigenvalue weighted by molar-refractivity contribution is 0.108. The lowest BCUT2D eigenvalue weighted by atomic mass is 10.1. The van der Waals surface area contributed by atoms with Crippen LogP contribution in [0.2, 0.25) is 0 Å². The van der Waals surface area contributed by atoms with E-state index >= 15 is 0 Å². The SMILES string of the molecule is CN1CCC(Oc2ccc3ncc(Br)n3n2)CC1. The largest absolute Gasteiger partial charge is 0.473 e. The highest BCUT2D eigenvalue weighted by Crippen LogP contribution is 2.18. The maximum Gasteiger partial charge on any atom is 0.232 e. The summed E-state index contributed by atoms with van der Waals surface area (Å²) in [4.78, 5) is 6.53. The second-order valence-electron chi connectivity index (χ2n) is 4.64. The van der Waals surface area contributed by atoms with E-state index in [1.165, 1.54) is 0 Å². The van der Waals surface area contributed by atoms with Gasteiger partial charge in [-0.05, 0) is 41.9 Å². The summed E-state index contributed by atoms with van der Waals surface area (Å²) in [5, 5.41) is 4.42. The molecule has 1 saturated heterocycles. The number of halogens is 1. The van der Waals surface area contributed by atoms with Gasteiger partial charge >= 0.3 is 0 Å². The Labute approximate surface area is 114 Å². The minimum atomic E-state index is 0.272. The second-order valence-corrected chi connectivity index (χ2v) is 5.46. The molecule has 2 aromatic rings. The smallest absolute Gasteiger partial charge is 0.232 e. The first-order valence-corrected chi connectivity index (χ1v) is 6.87. The van der Waals surface area contributed by atoms with Crippen LogP contribution in [0.15, 0.2) is 22.9 Å². The van der Waals surface area contributed by atoms with Crippen LogP contribution in [0.1, 0.15) is 12.8 Å². The first kappa shape index (κ1) is 11.9. The number of likely N-dealkylation sites (tertiary alicyclic amines) is 1. The minimum Gasteiger partial charge on any atom is -0.473 e. The van der Waals surface area contributed by atoms with Crippen molar-refractivity contribution in [1.82, 2.24) is 19.5 Å². The van der Waals surface area contributed by atoms with Gasteiger partial charge in [0.05, 0.1) is 6.20 Å². The number of nitrogens with zero attached hydrogens (tertiary/aromatic N) is 4. The summed E-state index contributed by atoms with van der Waals surface area (Å²) >= 11 is 3.41. The van der Waals surface area contributed by atoms with Crippen molar-refractivity contribution in [2.24, 2.45) is 0 Å². The van der Waals surface area contributed by atoms with Gasteiger partial charge in [0, 0.05) is 19.2 Å². The minimum absolute atomic E-state index is 0.272. The highest BCUT2D eigenvalue weighted by atomic mass is 79.9. The topological polar surface area (TPSA) is 42.7 Å². The quantitative estimate of drug-likeness (QED) is 0.850. The zero-order valence-corrected chi connectivity index (χ0v) is 11.8. The van der Waals surface area contributed by atoms with Crippen LogP contribution < -0.4 is 4.74 Å². The molecule has 5 nitrogen and oxygen atoms in total. The summed E-state index contributed by atoms with van der Waals surface area (Å²) in [5.41, 5.74) is 0.817. The van der Waals surface area contributed by atoms with Gasteiger partial charge in [0.25, 0.3) is 0 Å². The van der Waals surface area contributed by atoms with Crippen LogP contribution in [-0.2, 0) is 0 Å². The molecule has 6 heteroatoms. The average Bonchev–Trinajstić information content (AvgIpc) is 2.74. The van der Waals surface area contributed by atoms with E-state index in [4.69, 9.17) is 4.74 Å². The molecule has 0 N–H and O–H groups in total. The fourth-order valence-corrected chi connectivity index (χ4v) is 2.53. The van der Waals surface area contributed by atoms with Gasteiger partial charge in [-0.3, -0.25) is 0 Å². The van der Waals surface area contributed by atoms with Crippen molar-refractivity contribution < 1.29 is 4.74 Å². The first-order chi connectivity index (χ1) is 8.72. The molecular formula is C12H15BrN4O. The number of hydrogen-bond acceptors (Lipinski definition) is 4. The standard InChI is InChI=1S/C12H15BrN4O/c1-16-6-4-9(5-7-16)18-12-3-2-11-14-8-10(13)17(11)15-12/h2-3,8-9H,4-7H2,1H3. The van der Waals surface area contributed by atoms with Crippen molar-refractivity contribution in [2.45, 2.75) is 18.9 Å². The molecule has 0 saturated carbocycles. The summed E-state index contributed by atoms with van der Waals surface area (Å²) in [5.74, 6) is 0.663. The lowest BCUT2D eigenvalue weighted by Gasteiger charge is -2.28. The normalized spacial score (nSPS) is 18.3. The first-order valence-electron chi connectivity index (χ1n) is 6.08. The number of piperidine rings is 1.